The van der Waals surface area contributed by atoms with Gasteiger partial charge >= 0.3 is 5.97 Å². The van der Waals surface area contributed by atoms with Crippen LogP contribution in [0.25, 0.3) is 6.08 Å². The van der Waals surface area contributed by atoms with Crippen molar-refractivity contribution in [3.05, 3.63) is 71.8 Å². The second-order valence-electron chi connectivity index (χ2n) is 5.82. The average molecular weight is 377 g/mol. The van der Waals surface area contributed by atoms with Crippen molar-refractivity contribution in [3.63, 3.8) is 0 Å². The topological polar surface area (TPSA) is 108 Å². The second kappa shape index (κ2) is 10.3. The third kappa shape index (κ3) is 6.77. The number of amides is 2. The van der Waals surface area contributed by atoms with Gasteiger partial charge in [-0.1, -0.05) is 30.3 Å². The number of benzene rings is 2. The molecule has 2 aromatic carbocycles. The molecule has 0 aliphatic rings. The summed E-state index contributed by atoms with van der Waals surface area (Å²) in [6, 6.07) is 16.6. The number of anilines is 1. The van der Waals surface area contributed by atoms with Crippen LogP contribution in [0.4, 0.5) is 5.69 Å². The number of hydrogen-bond acceptors (Lipinski definition) is 5. The minimum atomic E-state index is -0.907. The zero-order valence-electron chi connectivity index (χ0n) is 15.2. The normalized spacial score (nSPS) is 11.3. The Morgan fingerprint density at radius 2 is 1.79 bits per heavy atom. The van der Waals surface area contributed by atoms with E-state index in [4.69, 9.17) is 10.00 Å². The van der Waals surface area contributed by atoms with E-state index in [1.165, 1.54) is 13.0 Å². The average Bonchev–Trinajstić information content (AvgIpc) is 2.71. The molecule has 2 aromatic rings. The molecule has 0 saturated heterocycles. The van der Waals surface area contributed by atoms with Crippen LogP contribution in [0, 0.1) is 11.3 Å². The maximum atomic E-state index is 11.9. The van der Waals surface area contributed by atoms with Gasteiger partial charge in [-0.05, 0) is 42.8 Å². The molecule has 0 aliphatic heterocycles. The summed E-state index contributed by atoms with van der Waals surface area (Å²) in [6.07, 6.45) is 2.94. The molecule has 1 atom stereocenters. The van der Waals surface area contributed by atoms with Gasteiger partial charge in [0.05, 0.1) is 11.6 Å². The number of esters is 1. The minimum Gasteiger partial charge on any atom is -0.454 e. The fraction of sp³-hybridized carbons (Fsp3) is 0.143. The van der Waals surface area contributed by atoms with E-state index in [9.17, 15) is 14.4 Å². The van der Waals surface area contributed by atoms with Crippen molar-refractivity contribution in [2.75, 3.05) is 11.9 Å². The van der Waals surface area contributed by atoms with Crippen molar-refractivity contribution < 1.29 is 19.1 Å². The van der Waals surface area contributed by atoms with Crippen molar-refractivity contribution in [3.8, 4) is 6.07 Å². The van der Waals surface area contributed by atoms with Crippen LogP contribution in [0.15, 0.2) is 60.7 Å². The Bertz CT molecular complexity index is 899. The Kier molecular flexibility index (Phi) is 7.49. The minimum absolute atomic E-state index is 0.449. The van der Waals surface area contributed by atoms with E-state index < -0.39 is 30.4 Å². The van der Waals surface area contributed by atoms with Gasteiger partial charge in [0.1, 0.15) is 6.04 Å². The second-order valence-corrected chi connectivity index (χ2v) is 5.82. The molecule has 2 N–H and O–H groups in total. The highest BCUT2D eigenvalue weighted by Crippen LogP contribution is 2.08. The third-order valence-electron chi connectivity index (χ3n) is 3.58. The van der Waals surface area contributed by atoms with Gasteiger partial charge in [-0.15, -0.1) is 0 Å². The molecule has 0 fully saturated rings. The van der Waals surface area contributed by atoms with Crippen LogP contribution in [0.3, 0.4) is 0 Å². The number of carbonyl (C=O) groups is 3. The fourth-order valence-corrected chi connectivity index (χ4v) is 2.14. The van der Waals surface area contributed by atoms with E-state index in [2.05, 4.69) is 10.6 Å². The van der Waals surface area contributed by atoms with Gasteiger partial charge in [0, 0.05) is 11.8 Å². The molecule has 0 aliphatic carbocycles. The first-order valence-corrected chi connectivity index (χ1v) is 8.48. The van der Waals surface area contributed by atoms with Gasteiger partial charge in [0.2, 0.25) is 5.91 Å². The lowest BCUT2D eigenvalue weighted by molar-refractivity contribution is -0.149. The molecule has 0 saturated carbocycles. The highest BCUT2D eigenvalue weighted by molar-refractivity contribution is 5.95. The van der Waals surface area contributed by atoms with Crippen LogP contribution in [-0.4, -0.2) is 30.4 Å². The van der Waals surface area contributed by atoms with Crippen LogP contribution in [0.1, 0.15) is 18.1 Å². The molecule has 142 valence electrons. The first-order valence-electron chi connectivity index (χ1n) is 8.48. The van der Waals surface area contributed by atoms with Crippen LogP contribution in [0.2, 0.25) is 0 Å². The SMILES string of the molecule is C[C@H](NC(=O)/C=C/c1ccccc1)C(=O)OCC(=O)Nc1ccc(C#N)cc1. The van der Waals surface area contributed by atoms with E-state index in [1.807, 2.05) is 36.4 Å². The molecule has 7 nitrogen and oxygen atoms in total. The summed E-state index contributed by atoms with van der Waals surface area (Å²) in [5.74, 6) is -1.70. The number of ether oxygens (including phenoxy) is 1. The number of carbonyl (C=O) groups excluding carboxylic acids is 3. The predicted octanol–water partition coefficient (Wildman–Crippen LogP) is 2.26. The van der Waals surface area contributed by atoms with Gasteiger partial charge < -0.3 is 15.4 Å². The van der Waals surface area contributed by atoms with Gasteiger partial charge in [0.25, 0.3) is 5.91 Å². The molecule has 0 radical (unpaired) electrons. The van der Waals surface area contributed by atoms with E-state index in [-0.39, 0.29) is 0 Å². The van der Waals surface area contributed by atoms with Crippen molar-refractivity contribution >= 4 is 29.5 Å². The molecular formula is C21H19N3O4. The molecule has 0 aromatic heterocycles. The predicted molar refractivity (Wildman–Crippen MR) is 104 cm³/mol. The first-order chi connectivity index (χ1) is 13.5. The molecule has 0 unspecified atom stereocenters. The Morgan fingerprint density at radius 3 is 2.43 bits per heavy atom. The zero-order valence-corrected chi connectivity index (χ0v) is 15.2. The largest absolute Gasteiger partial charge is 0.454 e. The van der Waals surface area contributed by atoms with Crippen molar-refractivity contribution in [2.45, 2.75) is 13.0 Å². The highest BCUT2D eigenvalue weighted by atomic mass is 16.5. The fourth-order valence-electron chi connectivity index (χ4n) is 2.14. The lowest BCUT2D eigenvalue weighted by Crippen LogP contribution is -2.39. The number of nitrogens with one attached hydrogen (secondary N) is 2. The summed E-state index contributed by atoms with van der Waals surface area (Å²) >= 11 is 0. The number of rotatable bonds is 7. The quantitative estimate of drug-likeness (QED) is 0.568. The molecule has 0 spiro atoms. The maximum Gasteiger partial charge on any atom is 0.328 e. The van der Waals surface area contributed by atoms with Crippen molar-refractivity contribution in [1.29, 1.82) is 5.26 Å². The van der Waals surface area contributed by atoms with Crippen molar-refractivity contribution in [2.24, 2.45) is 0 Å². The van der Waals surface area contributed by atoms with Gasteiger partial charge in [-0.2, -0.15) is 5.26 Å². The number of hydrogen-bond donors (Lipinski definition) is 2. The first kappa shape index (κ1) is 20.4. The third-order valence-corrected chi connectivity index (χ3v) is 3.58. The van der Waals surface area contributed by atoms with Gasteiger partial charge in [-0.3, -0.25) is 9.59 Å². The zero-order chi connectivity index (χ0) is 20.4. The van der Waals surface area contributed by atoms with E-state index >= 15 is 0 Å². The van der Waals surface area contributed by atoms with Crippen LogP contribution < -0.4 is 10.6 Å². The summed E-state index contributed by atoms with van der Waals surface area (Å²) in [5.41, 5.74) is 1.80. The maximum absolute atomic E-state index is 11.9. The highest BCUT2D eigenvalue weighted by Gasteiger charge is 2.17. The van der Waals surface area contributed by atoms with Gasteiger partial charge in [-0.25, -0.2) is 4.79 Å². The standard InChI is InChI=1S/C21H19N3O4/c1-15(23-19(25)12-9-16-5-3-2-4-6-16)21(27)28-14-20(26)24-18-10-7-17(13-22)8-11-18/h2-12,15H,14H2,1H3,(H,23,25)(H,24,26)/b12-9+/t15-/m0/s1. The summed E-state index contributed by atoms with van der Waals surface area (Å²) in [6.45, 7) is 0.980. The molecule has 0 heterocycles. The molecule has 2 amide bonds. The summed E-state index contributed by atoms with van der Waals surface area (Å²) in [4.78, 5) is 35.6. The summed E-state index contributed by atoms with van der Waals surface area (Å²) in [5, 5.41) is 13.7. The Labute approximate surface area is 162 Å². The molecule has 2 rings (SSSR count). The molecular weight excluding hydrogens is 358 g/mol. The lowest BCUT2D eigenvalue weighted by Gasteiger charge is -2.12. The lowest BCUT2D eigenvalue weighted by atomic mass is 10.2. The Balaban J connectivity index is 1.75. The summed E-state index contributed by atoms with van der Waals surface area (Å²) < 4.78 is 4.90. The van der Waals surface area contributed by atoms with Crippen LogP contribution in [0.5, 0.6) is 0 Å². The smallest absolute Gasteiger partial charge is 0.328 e. The van der Waals surface area contributed by atoms with Crippen LogP contribution >= 0.6 is 0 Å². The molecule has 28 heavy (non-hydrogen) atoms. The summed E-state index contributed by atoms with van der Waals surface area (Å²) in [7, 11) is 0. The van der Waals surface area contributed by atoms with E-state index in [0.29, 0.717) is 11.3 Å². The number of nitriles is 1. The molecule has 0 bridgehead atoms. The monoisotopic (exact) mass is 377 g/mol. The van der Waals surface area contributed by atoms with Crippen LogP contribution in [-0.2, 0) is 19.1 Å². The Hall–Kier alpha value is -3.92. The Morgan fingerprint density at radius 1 is 1.11 bits per heavy atom. The molecule has 7 heteroatoms. The van der Waals surface area contributed by atoms with Crippen molar-refractivity contribution in [1.82, 2.24) is 5.32 Å². The van der Waals surface area contributed by atoms with E-state index in [1.54, 1.807) is 30.3 Å². The number of nitrogens with zero attached hydrogens (tertiary/aromatic N) is 1. The van der Waals surface area contributed by atoms with E-state index in [0.717, 1.165) is 5.56 Å². The van der Waals surface area contributed by atoms with Gasteiger partial charge in [0.15, 0.2) is 6.61 Å².